The number of hydrogen-bond acceptors (Lipinski definition) is 3. The van der Waals surface area contributed by atoms with E-state index in [1.165, 1.54) is 25.0 Å². The van der Waals surface area contributed by atoms with Crippen LogP contribution in [0.5, 0.6) is 0 Å². The molecule has 0 aromatic heterocycles. The van der Waals surface area contributed by atoms with Gasteiger partial charge in [0, 0.05) is 17.4 Å². The second-order valence-electron chi connectivity index (χ2n) is 5.21. The van der Waals surface area contributed by atoms with Crippen LogP contribution in [0.25, 0.3) is 0 Å². The first-order chi connectivity index (χ1) is 10.2. The second kappa shape index (κ2) is 8.11. The Balaban J connectivity index is 2.03. The van der Waals surface area contributed by atoms with Crippen LogP contribution in [0.15, 0.2) is 18.2 Å². The van der Waals surface area contributed by atoms with Gasteiger partial charge in [-0.1, -0.05) is 24.3 Å². The SMILES string of the molecule is Cc1ccc(C(=O)NCC2CCCCS2)c(C#CCO)c1. The second-order valence-corrected chi connectivity index (χ2v) is 6.62. The van der Waals surface area contributed by atoms with Crippen LogP contribution in [0, 0.1) is 18.8 Å². The zero-order valence-corrected chi connectivity index (χ0v) is 13.1. The lowest BCUT2D eigenvalue weighted by atomic mass is 10.0. The van der Waals surface area contributed by atoms with Crippen molar-refractivity contribution in [2.45, 2.75) is 31.4 Å². The molecule has 1 fully saturated rings. The van der Waals surface area contributed by atoms with Gasteiger partial charge in [0.25, 0.3) is 5.91 Å². The fourth-order valence-corrected chi connectivity index (χ4v) is 3.60. The van der Waals surface area contributed by atoms with E-state index in [-0.39, 0.29) is 12.5 Å². The third-order valence-corrected chi connectivity index (χ3v) is 4.88. The molecule has 1 aliphatic heterocycles. The van der Waals surface area contributed by atoms with Crippen molar-refractivity contribution in [3.8, 4) is 11.8 Å². The molecule has 4 heteroatoms. The van der Waals surface area contributed by atoms with E-state index in [1.54, 1.807) is 6.07 Å². The highest BCUT2D eigenvalue weighted by atomic mass is 32.2. The van der Waals surface area contributed by atoms with E-state index in [0.29, 0.717) is 22.9 Å². The number of carbonyl (C=O) groups excluding carboxylic acids is 1. The molecule has 0 bridgehead atoms. The lowest BCUT2D eigenvalue weighted by Gasteiger charge is -2.21. The Labute approximate surface area is 130 Å². The van der Waals surface area contributed by atoms with E-state index in [1.807, 2.05) is 30.8 Å². The quantitative estimate of drug-likeness (QED) is 0.843. The molecule has 1 aliphatic rings. The van der Waals surface area contributed by atoms with Crippen LogP contribution in [0.3, 0.4) is 0 Å². The molecule has 0 saturated carbocycles. The van der Waals surface area contributed by atoms with Gasteiger partial charge in [-0.2, -0.15) is 11.8 Å². The Morgan fingerprint density at radius 3 is 3.05 bits per heavy atom. The summed E-state index contributed by atoms with van der Waals surface area (Å²) in [5.41, 5.74) is 2.32. The molecule has 1 saturated heterocycles. The summed E-state index contributed by atoms with van der Waals surface area (Å²) in [4.78, 5) is 12.3. The highest BCUT2D eigenvalue weighted by Crippen LogP contribution is 2.24. The maximum Gasteiger partial charge on any atom is 0.252 e. The molecule has 2 rings (SSSR count). The highest BCUT2D eigenvalue weighted by molar-refractivity contribution is 7.99. The molecule has 1 heterocycles. The van der Waals surface area contributed by atoms with Crippen LogP contribution in [-0.4, -0.2) is 35.2 Å². The Morgan fingerprint density at radius 1 is 1.48 bits per heavy atom. The van der Waals surface area contributed by atoms with Gasteiger partial charge in [0.2, 0.25) is 0 Å². The number of thioether (sulfide) groups is 1. The van der Waals surface area contributed by atoms with E-state index < -0.39 is 0 Å². The largest absolute Gasteiger partial charge is 0.384 e. The summed E-state index contributed by atoms with van der Waals surface area (Å²) in [5, 5.41) is 12.4. The molecule has 1 unspecified atom stereocenters. The van der Waals surface area contributed by atoms with Crippen molar-refractivity contribution in [3.63, 3.8) is 0 Å². The van der Waals surface area contributed by atoms with E-state index in [4.69, 9.17) is 5.11 Å². The number of rotatable bonds is 3. The molecule has 2 N–H and O–H groups in total. The number of aliphatic hydroxyl groups is 1. The van der Waals surface area contributed by atoms with Crippen LogP contribution in [-0.2, 0) is 0 Å². The highest BCUT2D eigenvalue weighted by Gasteiger charge is 2.16. The molecule has 0 radical (unpaired) electrons. The molecule has 0 spiro atoms. The number of amides is 1. The van der Waals surface area contributed by atoms with Crippen molar-refractivity contribution in [1.29, 1.82) is 0 Å². The van der Waals surface area contributed by atoms with Gasteiger partial charge < -0.3 is 10.4 Å². The zero-order valence-electron chi connectivity index (χ0n) is 12.3. The molecular weight excluding hydrogens is 282 g/mol. The van der Waals surface area contributed by atoms with Crippen molar-refractivity contribution in [3.05, 3.63) is 34.9 Å². The lowest BCUT2D eigenvalue weighted by molar-refractivity contribution is 0.0953. The van der Waals surface area contributed by atoms with E-state index in [2.05, 4.69) is 17.2 Å². The number of hydrogen-bond donors (Lipinski definition) is 2. The van der Waals surface area contributed by atoms with Crippen molar-refractivity contribution >= 4 is 17.7 Å². The predicted molar refractivity (Wildman–Crippen MR) is 87.6 cm³/mol. The number of aryl methyl sites for hydroxylation is 1. The zero-order chi connectivity index (χ0) is 15.1. The van der Waals surface area contributed by atoms with Crippen LogP contribution >= 0.6 is 11.8 Å². The maximum absolute atomic E-state index is 12.3. The van der Waals surface area contributed by atoms with Gasteiger partial charge in [0.1, 0.15) is 6.61 Å². The number of aliphatic hydroxyl groups excluding tert-OH is 1. The molecule has 1 aromatic carbocycles. The fraction of sp³-hybridized carbons (Fsp3) is 0.471. The van der Waals surface area contributed by atoms with Gasteiger partial charge in [-0.15, -0.1) is 0 Å². The van der Waals surface area contributed by atoms with Crippen molar-refractivity contribution in [1.82, 2.24) is 5.32 Å². The van der Waals surface area contributed by atoms with Crippen LogP contribution in [0.2, 0.25) is 0 Å². The summed E-state index contributed by atoms with van der Waals surface area (Å²) in [6.45, 7) is 2.47. The first kappa shape index (κ1) is 15.9. The van der Waals surface area contributed by atoms with Gasteiger partial charge in [-0.25, -0.2) is 0 Å². The van der Waals surface area contributed by atoms with Crippen molar-refractivity contribution in [2.24, 2.45) is 0 Å². The van der Waals surface area contributed by atoms with Gasteiger partial charge >= 0.3 is 0 Å². The normalized spacial score (nSPS) is 17.7. The predicted octanol–water partition coefficient (Wildman–Crippen LogP) is 2.35. The van der Waals surface area contributed by atoms with E-state index in [0.717, 1.165) is 5.56 Å². The summed E-state index contributed by atoms with van der Waals surface area (Å²) < 4.78 is 0. The number of carbonyl (C=O) groups is 1. The first-order valence-corrected chi connectivity index (χ1v) is 8.36. The van der Waals surface area contributed by atoms with Gasteiger partial charge in [-0.05, 0) is 43.2 Å². The lowest BCUT2D eigenvalue weighted by Crippen LogP contribution is -2.32. The average molecular weight is 303 g/mol. The molecule has 0 aliphatic carbocycles. The molecule has 112 valence electrons. The summed E-state index contributed by atoms with van der Waals surface area (Å²) in [6, 6.07) is 5.60. The van der Waals surface area contributed by atoms with Gasteiger partial charge in [0.05, 0.1) is 5.56 Å². The minimum atomic E-state index is -0.201. The molecule has 21 heavy (non-hydrogen) atoms. The Kier molecular flexibility index (Phi) is 6.16. The summed E-state index contributed by atoms with van der Waals surface area (Å²) in [5.74, 6) is 6.58. The monoisotopic (exact) mass is 303 g/mol. The Hall–Kier alpha value is -1.44. The van der Waals surface area contributed by atoms with Crippen LogP contribution in [0.4, 0.5) is 0 Å². The van der Waals surface area contributed by atoms with Gasteiger partial charge in [-0.3, -0.25) is 4.79 Å². The molecule has 3 nitrogen and oxygen atoms in total. The fourth-order valence-electron chi connectivity index (χ4n) is 2.36. The molecule has 1 aromatic rings. The average Bonchev–Trinajstić information content (AvgIpc) is 2.51. The summed E-state index contributed by atoms with van der Waals surface area (Å²) >= 11 is 1.95. The minimum Gasteiger partial charge on any atom is -0.384 e. The third kappa shape index (κ3) is 4.80. The minimum absolute atomic E-state index is 0.0802. The van der Waals surface area contributed by atoms with E-state index in [9.17, 15) is 4.79 Å². The van der Waals surface area contributed by atoms with E-state index >= 15 is 0 Å². The number of benzene rings is 1. The Morgan fingerprint density at radius 2 is 2.33 bits per heavy atom. The van der Waals surface area contributed by atoms with Crippen molar-refractivity contribution < 1.29 is 9.90 Å². The topological polar surface area (TPSA) is 49.3 Å². The summed E-state index contributed by atoms with van der Waals surface area (Å²) in [6.07, 6.45) is 3.72. The molecule has 1 atom stereocenters. The van der Waals surface area contributed by atoms with Crippen LogP contribution < -0.4 is 5.32 Å². The Bertz CT molecular complexity index is 554. The molecular formula is C17H21NO2S. The third-order valence-electron chi connectivity index (χ3n) is 3.49. The molecule has 1 amide bonds. The van der Waals surface area contributed by atoms with Crippen LogP contribution in [0.1, 0.15) is 40.7 Å². The summed E-state index contributed by atoms with van der Waals surface area (Å²) in [7, 11) is 0. The maximum atomic E-state index is 12.3. The van der Waals surface area contributed by atoms with Gasteiger partial charge in [0.15, 0.2) is 0 Å². The standard InChI is InChI=1S/C17H21NO2S/c1-13-7-8-16(14(11-13)5-4-9-19)17(20)18-12-15-6-2-3-10-21-15/h7-8,11,15,19H,2-3,6,9-10,12H2,1H3,(H,18,20). The smallest absolute Gasteiger partial charge is 0.252 e. The number of nitrogens with one attached hydrogen (secondary N) is 1. The first-order valence-electron chi connectivity index (χ1n) is 7.31. The van der Waals surface area contributed by atoms with Crippen molar-refractivity contribution in [2.75, 3.05) is 18.9 Å².